The van der Waals surface area contributed by atoms with E-state index < -0.39 is 0 Å². The van der Waals surface area contributed by atoms with Gasteiger partial charge in [-0.25, -0.2) is 14.6 Å². The van der Waals surface area contributed by atoms with E-state index in [2.05, 4.69) is 30.2 Å². The van der Waals surface area contributed by atoms with Crippen molar-refractivity contribution in [3.8, 4) is 17.1 Å². The topological polar surface area (TPSA) is 115 Å². The predicted octanol–water partition coefficient (Wildman–Crippen LogP) is 0.630. The lowest BCUT2D eigenvalue weighted by Gasteiger charge is -2.35. The van der Waals surface area contributed by atoms with E-state index in [9.17, 15) is 9.59 Å². The van der Waals surface area contributed by atoms with E-state index in [1.807, 2.05) is 42.5 Å². The van der Waals surface area contributed by atoms with Crippen LogP contribution in [0, 0.1) is 0 Å². The van der Waals surface area contributed by atoms with E-state index in [1.54, 1.807) is 11.2 Å². The maximum Gasteiger partial charge on any atom is 0.254 e. The molecule has 0 N–H and O–H groups in total. The summed E-state index contributed by atoms with van der Waals surface area (Å²) < 4.78 is 2.88. The molecule has 4 aromatic rings. The second-order valence-electron chi connectivity index (χ2n) is 7.56. The molecular weight excluding hydrogens is 422 g/mol. The molecular formula is C22H21N9O2. The van der Waals surface area contributed by atoms with Crippen LogP contribution in [-0.4, -0.2) is 71.5 Å². The summed E-state index contributed by atoms with van der Waals surface area (Å²) >= 11 is 0. The smallest absolute Gasteiger partial charge is 0.254 e. The number of hydrogen-bond acceptors (Lipinski definition) is 8. The molecule has 5 rings (SSSR count). The van der Waals surface area contributed by atoms with Crippen molar-refractivity contribution in [2.45, 2.75) is 6.54 Å². The standard InChI is InChI=1S/C22H21N9O2/c32-21-12-18(17-4-2-1-3-5-17)24-16-30(21)13-22(33)29-10-8-28(9-11-29)19-6-7-20(27-26-19)31-15-23-14-25-31/h1-7,12,14-16H,8-11,13H2. The summed E-state index contributed by atoms with van der Waals surface area (Å²) in [6.45, 7) is 2.30. The van der Waals surface area contributed by atoms with Crippen LogP contribution in [0.3, 0.4) is 0 Å². The van der Waals surface area contributed by atoms with E-state index in [0.29, 0.717) is 37.7 Å². The highest BCUT2D eigenvalue weighted by molar-refractivity contribution is 5.76. The summed E-state index contributed by atoms with van der Waals surface area (Å²) in [5.74, 6) is 1.21. The van der Waals surface area contributed by atoms with Gasteiger partial charge in [0.15, 0.2) is 11.6 Å². The van der Waals surface area contributed by atoms with Crippen LogP contribution in [0.5, 0.6) is 0 Å². The Morgan fingerprint density at radius 1 is 0.909 bits per heavy atom. The van der Waals surface area contributed by atoms with Gasteiger partial charge in [-0.05, 0) is 12.1 Å². The molecule has 0 saturated carbocycles. The number of carbonyl (C=O) groups excluding carboxylic acids is 1. The van der Waals surface area contributed by atoms with Gasteiger partial charge in [0.1, 0.15) is 19.2 Å². The molecule has 11 heteroatoms. The number of hydrogen-bond donors (Lipinski definition) is 0. The van der Waals surface area contributed by atoms with Gasteiger partial charge in [-0.15, -0.1) is 10.2 Å². The third kappa shape index (κ3) is 4.47. The summed E-state index contributed by atoms with van der Waals surface area (Å²) in [7, 11) is 0. The number of amides is 1. The average Bonchev–Trinajstić information content (AvgIpc) is 3.41. The van der Waals surface area contributed by atoms with Gasteiger partial charge in [0.25, 0.3) is 5.56 Å². The molecule has 0 atom stereocenters. The molecule has 1 fully saturated rings. The van der Waals surface area contributed by atoms with Crippen molar-refractivity contribution in [1.29, 1.82) is 0 Å². The average molecular weight is 443 g/mol. The molecule has 0 radical (unpaired) electrons. The first-order valence-corrected chi connectivity index (χ1v) is 10.5. The van der Waals surface area contributed by atoms with Crippen molar-refractivity contribution in [2.24, 2.45) is 0 Å². The van der Waals surface area contributed by atoms with Crippen LogP contribution in [0.2, 0.25) is 0 Å². The van der Waals surface area contributed by atoms with Crippen molar-refractivity contribution < 1.29 is 4.79 Å². The van der Waals surface area contributed by atoms with Crippen molar-refractivity contribution >= 4 is 11.7 Å². The first-order valence-electron chi connectivity index (χ1n) is 10.5. The summed E-state index contributed by atoms with van der Waals surface area (Å²) in [5, 5.41) is 12.5. The van der Waals surface area contributed by atoms with Crippen LogP contribution in [-0.2, 0) is 11.3 Å². The zero-order chi connectivity index (χ0) is 22.6. The minimum Gasteiger partial charge on any atom is -0.352 e. The zero-order valence-corrected chi connectivity index (χ0v) is 17.7. The van der Waals surface area contributed by atoms with E-state index in [4.69, 9.17) is 0 Å². The lowest BCUT2D eigenvalue weighted by atomic mass is 10.1. The molecule has 4 heterocycles. The summed E-state index contributed by atoms with van der Waals surface area (Å²) in [5.41, 5.74) is 1.20. The highest BCUT2D eigenvalue weighted by atomic mass is 16.2. The molecule has 0 unspecified atom stereocenters. The number of anilines is 1. The monoisotopic (exact) mass is 443 g/mol. The summed E-state index contributed by atoms with van der Waals surface area (Å²) in [4.78, 5) is 37.3. The number of carbonyl (C=O) groups is 1. The SMILES string of the molecule is O=C(Cn1cnc(-c2ccccc2)cc1=O)N1CCN(c2ccc(-n3cncn3)nn2)CC1. The van der Waals surface area contributed by atoms with Crippen LogP contribution >= 0.6 is 0 Å². The largest absolute Gasteiger partial charge is 0.352 e. The van der Waals surface area contributed by atoms with Gasteiger partial charge in [-0.3, -0.25) is 14.2 Å². The van der Waals surface area contributed by atoms with Crippen molar-refractivity contribution in [3.05, 3.63) is 77.9 Å². The predicted molar refractivity (Wildman–Crippen MR) is 120 cm³/mol. The zero-order valence-electron chi connectivity index (χ0n) is 17.7. The molecule has 1 saturated heterocycles. The number of benzene rings is 1. The number of nitrogens with zero attached hydrogens (tertiary/aromatic N) is 9. The molecule has 0 spiro atoms. The normalized spacial score (nSPS) is 13.8. The van der Waals surface area contributed by atoms with E-state index in [0.717, 1.165) is 11.4 Å². The van der Waals surface area contributed by atoms with Crippen molar-refractivity contribution in [3.63, 3.8) is 0 Å². The lowest BCUT2D eigenvalue weighted by molar-refractivity contribution is -0.132. The molecule has 1 aliphatic rings. The fourth-order valence-electron chi connectivity index (χ4n) is 3.68. The Morgan fingerprint density at radius 2 is 1.67 bits per heavy atom. The van der Waals surface area contributed by atoms with Crippen LogP contribution in [0.4, 0.5) is 5.82 Å². The Bertz CT molecular complexity index is 1280. The Hall–Kier alpha value is -4.41. The molecule has 0 bridgehead atoms. The van der Waals surface area contributed by atoms with E-state index >= 15 is 0 Å². The fourth-order valence-corrected chi connectivity index (χ4v) is 3.68. The number of rotatable bonds is 5. The lowest BCUT2D eigenvalue weighted by Crippen LogP contribution is -2.50. The Labute approximate surface area is 189 Å². The summed E-state index contributed by atoms with van der Waals surface area (Å²) in [6.07, 6.45) is 4.43. The number of piperazine rings is 1. The minimum absolute atomic E-state index is 0.0344. The van der Waals surface area contributed by atoms with E-state index in [-0.39, 0.29) is 18.0 Å². The third-order valence-corrected chi connectivity index (χ3v) is 5.50. The minimum atomic E-state index is -0.251. The fraction of sp³-hybridized carbons (Fsp3) is 0.227. The van der Waals surface area contributed by atoms with Gasteiger partial charge in [0.2, 0.25) is 5.91 Å². The van der Waals surface area contributed by atoms with Crippen LogP contribution in [0.1, 0.15) is 0 Å². The first-order chi connectivity index (χ1) is 16.2. The molecule has 166 valence electrons. The molecule has 3 aromatic heterocycles. The third-order valence-electron chi connectivity index (χ3n) is 5.50. The molecule has 0 aliphatic carbocycles. The maximum absolute atomic E-state index is 12.8. The quantitative estimate of drug-likeness (QED) is 0.441. The highest BCUT2D eigenvalue weighted by Gasteiger charge is 2.22. The molecule has 1 amide bonds. The molecule has 11 nitrogen and oxygen atoms in total. The first kappa shape index (κ1) is 20.5. The van der Waals surface area contributed by atoms with Gasteiger partial charge in [-0.2, -0.15) is 5.10 Å². The number of aromatic nitrogens is 7. The molecule has 1 aliphatic heterocycles. The van der Waals surface area contributed by atoms with Crippen LogP contribution < -0.4 is 10.5 Å². The van der Waals surface area contributed by atoms with Crippen molar-refractivity contribution in [2.75, 3.05) is 31.1 Å². The van der Waals surface area contributed by atoms with Gasteiger partial charge < -0.3 is 9.80 Å². The van der Waals surface area contributed by atoms with Gasteiger partial charge in [0.05, 0.1) is 12.0 Å². The van der Waals surface area contributed by atoms with Gasteiger partial charge in [-0.1, -0.05) is 30.3 Å². The van der Waals surface area contributed by atoms with Gasteiger partial charge >= 0.3 is 0 Å². The second kappa shape index (κ2) is 8.99. The molecule has 33 heavy (non-hydrogen) atoms. The van der Waals surface area contributed by atoms with Gasteiger partial charge in [0, 0.05) is 37.8 Å². The maximum atomic E-state index is 12.8. The highest BCUT2D eigenvalue weighted by Crippen LogP contribution is 2.15. The van der Waals surface area contributed by atoms with E-state index in [1.165, 1.54) is 28.0 Å². The van der Waals surface area contributed by atoms with Crippen LogP contribution in [0.25, 0.3) is 17.1 Å². The Morgan fingerprint density at radius 3 is 2.33 bits per heavy atom. The Balaban J connectivity index is 1.18. The Kier molecular flexibility index (Phi) is 5.58. The second-order valence-corrected chi connectivity index (χ2v) is 7.56. The molecule has 1 aromatic carbocycles. The summed E-state index contributed by atoms with van der Waals surface area (Å²) in [6, 6.07) is 14.6. The van der Waals surface area contributed by atoms with Crippen LogP contribution in [0.15, 0.2) is 72.3 Å². The van der Waals surface area contributed by atoms with Crippen molar-refractivity contribution in [1.82, 2.24) is 39.4 Å².